The van der Waals surface area contributed by atoms with Gasteiger partial charge >= 0.3 is 0 Å². The van der Waals surface area contributed by atoms with E-state index in [1.807, 2.05) is 23.3 Å². The smallest absolute Gasteiger partial charge is 0.239 e. The summed E-state index contributed by atoms with van der Waals surface area (Å²) in [4.78, 5) is 26.5. The summed E-state index contributed by atoms with van der Waals surface area (Å²) in [5.41, 5.74) is 0. The Bertz CT molecular complexity index is 645. The number of aryl methyl sites for hydroxylation is 1. The van der Waals surface area contributed by atoms with E-state index in [1.165, 1.54) is 9.75 Å². The van der Waals surface area contributed by atoms with Crippen LogP contribution in [-0.4, -0.2) is 78.9 Å². The van der Waals surface area contributed by atoms with Crippen molar-refractivity contribution in [1.29, 1.82) is 0 Å². The first-order valence-corrected chi connectivity index (χ1v) is 11.0. The standard InChI is InChI=1S/C20H33N5OS/c1-4-17-7-8-18(27-17)15-22-20(21-3)25-13-11-23(12-14-25)16(2)19(26)24-9-5-6-10-24/h7-8,16H,4-6,9-15H2,1-3H3,(H,21,22). The molecule has 1 N–H and O–H groups in total. The third-order valence-corrected chi connectivity index (χ3v) is 6.86. The number of carbonyl (C=O) groups is 1. The maximum Gasteiger partial charge on any atom is 0.239 e. The average molecular weight is 392 g/mol. The quantitative estimate of drug-likeness (QED) is 0.616. The van der Waals surface area contributed by atoms with Gasteiger partial charge in [0.15, 0.2) is 5.96 Å². The fourth-order valence-electron chi connectivity index (χ4n) is 3.88. The van der Waals surface area contributed by atoms with Gasteiger partial charge in [0.25, 0.3) is 0 Å². The van der Waals surface area contributed by atoms with Gasteiger partial charge in [0, 0.05) is 56.1 Å². The van der Waals surface area contributed by atoms with Crippen LogP contribution in [-0.2, 0) is 17.8 Å². The highest BCUT2D eigenvalue weighted by Gasteiger charge is 2.30. The minimum absolute atomic E-state index is 0.0150. The molecule has 2 fully saturated rings. The SMILES string of the molecule is CCc1ccc(CNC(=NC)N2CCN(C(C)C(=O)N3CCCC3)CC2)s1. The lowest BCUT2D eigenvalue weighted by molar-refractivity contribution is -0.135. The van der Waals surface area contributed by atoms with Crippen LogP contribution in [0.15, 0.2) is 17.1 Å². The maximum atomic E-state index is 12.6. The van der Waals surface area contributed by atoms with Crippen LogP contribution in [0.2, 0.25) is 0 Å². The first-order valence-electron chi connectivity index (χ1n) is 10.2. The molecular weight excluding hydrogens is 358 g/mol. The lowest BCUT2D eigenvalue weighted by Crippen LogP contribution is -2.57. The molecule has 27 heavy (non-hydrogen) atoms. The minimum Gasteiger partial charge on any atom is -0.351 e. The number of aliphatic imine (C=N–C) groups is 1. The summed E-state index contributed by atoms with van der Waals surface area (Å²) < 4.78 is 0. The predicted octanol–water partition coefficient (Wildman–Crippen LogP) is 2.01. The molecule has 0 bridgehead atoms. The lowest BCUT2D eigenvalue weighted by atomic mass is 10.2. The second kappa shape index (κ2) is 9.55. The third kappa shape index (κ3) is 5.02. The minimum atomic E-state index is -0.0150. The molecule has 1 aromatic rings. The third-order valence-electron chi connectivity index (χ3n) is 5.63. The Hall–Kier alpha value is -1.60. The van der Waals surface area contributed by atoms with Crippen molar-refractivity contribution in [3.8, 4) is 0 Å². The molecule has 0 aliphatic carbocycles. The number of carbonyl (C=O) groups excluding carboxylic acids is 1. The number of hydrogen-bond acceptors (Lipinski definition) is 4. The van der Waals surface area contributed by atoms with E-state index in [0.717, 1.165) is 71.0 Å². The molecule has 1 unspecified atom stereocenters. The summed E-state index contributed by atoms with van der Waals surface area (Å²) in [6.45, 7) is 10.6. The Labute approximate surface area is 167 Å². The molecule has 0 saturated carbocycles. The van der Waals surface area contributed by atoms with Crippen LogP contribution < -0.4 is 5.32 Å². The number of hydrogen-bond donors (Lipinski definition) is 1. The van der Waals surface area contributed by atoms with Crippen molar-refractivity contribution in [1.82, 2.24) is 20.0 Å². The fraction of sp³-hybridized carbons (Fsp3) is 0.700. The highest BCUT2D eigenvalue weighted by molar-refractivity contribution is 7.11. The van der Waals surface area contributed by atoms with Gasteiger partial charge in [0.05, 0.1) is 12.6 Å². The molecule has 0 aromatic carbocycles. The number of guanidine groups is 1. The largest absolute Gasteiger partial charge is 0.351 e. The van der Waals surface area contributed by atoms with Crippen LogP contribution in [0, 0.1) is 0 Å². The maximum absolute atomic E-state index is 12.6. The van der Waals surface area contributed by atoms with E-state index >= 15 is 0 Å². The Balaban J connectivity index is 1.47. The molecule has 3 rings (SSSR count). The number of nitrogens with one attached hydrogen (secondary N) is 1. The predicted molar refractivity (Wildman–Crippen MR) is 112 cm³/mol. The molecule has 0 radical (unpaired) electrons. The molecule has 2 saturated heterocycles. The van der Waals surface area contributed by atoms with Gasteiger partial charge in [-0.2, -0.15) is 0 Å². The zero-order valence-corrected chi connectivity index (χ0v) is 17.7. The Kier molecular flexibility index (Phi) is 7.13. The monoisotopic (exact) mass is 391 g/mol. The molecule has 0 spiro atoms. The second-order valence-corrected chi connectivity index (χ2v) is 8.61. The van der Waals surface area contributed by atoms with Crippen molar-refractivity contribution >= 4 is 23.2 Å². The molecule has 1 aromatic heterocycles. The molecule has 2 aliphatic heterocycles. The zero-order valence-electron chi connectivity index (χ0n) is 16.9. The molecule has 1 atom stereocenters. The van der Waals surface area contributed by atoms with Crippen molar-refractivity contribution in [3.63, 3.8) is 0 Å². The summed E-state index contributed by atoms with van der Waals surface area (Å²) in [6.07, 6.45) is 3.39. The summed E-state index contributed by atoms with van der Waals surface area (Å²) in [7, 11) is 1.85. The van der Waals surface area contributed by atoms with Gasteiger partial charge in [-0.3, -0.25) is 14.7 Å². The van der Waals surface area contributed by atoms with Crippen molar-refractivity contribution in [2.45, 2.75) is 45.7 Å². The van der Waals surface area contributed by atoms with Crippen LogP contribution in [0.5, 0.6) is 0 Å². The molecular formula is C20H33N5OS. The van der Waals surface area contributed by atoms with E-state index in [0.29, 0.717) is 5.91 Å². The summed E-state index contributed by atoms with van der Waals surface area (Å²) in [6, 6.07) is 4.40. The Morgan fingerprint density at radius 1 is 1.11 bits per heavy atom. The van der Waals surface area contributed by atoms with E-state index in [9.17, 15) is 4.79 Å². The van der Waals surface area contributed by atoms with Gasteiger partial charge < -0.3 is 15.1 Å². The van der Waals surface area contributed by atoms with Gasteiger partial charge in [-0.1, -0.05) is 6.92 Å². The van der Waals surface area contributed by atoms with E-state index in [-0.39, 0.29) is 6.04 Å². The van der Waals surface area contributed by atoms with Crippen molar-refractivity contribution in [2.24, 2.45) is 4.99 Å². The number of likely N-dealkylation sites (tertiary alicyclic amines) is 1. The van der Waals surface area contributed by atoms with E-state index in [4.69, 9.17) is 0 Å². The molecule has 6 nitrogen and oxygen atoms in total. The van der Waals surface area contributed by atoms with Crippen molar-refractivity contribution < 1.29 is 4.79 Å². The number of rotatable bonds is 5. The Morgan fingerprint density at radius 3 is 2.37 bits per heavy atom. The van der Waals surface area contributed by atoms with E-state index < -0.39 is 0 Å². The first kappa shape index (κ1) is 20.1. The van der Waals surface area contributed by atoms with Gasteiger partial charge in [0.1, 0.15) is 0 Å². The summed E-state index contributed by atoms with van der Waals surface area (Å²) in [5.74, 6) is 1.26. The molecule has 3 heterocycles. The summed E-state index contributed by atoms with van der Waals surface area (Å²) in [5, 5.41) is 3.50. The number of thiophene rings is 1. The van der Waals surface area contributed by atoms with Gasteiger partial charge in [-0.25, -0.2) is 0 Å². The van der Waals surface area contributed by atoms with Crippen molar-refractivity contribution in [3.05, 3.63) is 21.9 Å². The Morgan fingerprint density at radius 2 is 1.78 bits per heavy atom. The van der Waals surface area contributed by atoms with E-state index in [1.54, 1.807) is 0 Å². The highest BCUT2D eigenvalue weighted by Crippen LogP contribution is 2.17. The van der Waals surface area contributed by atoms with Crippen LogP contribution in [0.3, 0.4) is 0 Å². The molecule has 2 aliphatic rings. The molecule has 150 valence electrons. The highest BCUT2D eigenvalue weighted by atomic mass is 32.1. The van der Waals surface area contributed by atoms with Gasteiger partial charge in [-0.05, 0) is 38.3 Å². The second-order valence-electron chi connectivity index (χ2n) is 7.35. The number of amides is 1. The van der Waals surface area contributed by atoms with Crippen LogP contribution in [0.4, 0.5) is 0 Å². The fourth-order valence-corrected chi connectivity index (χ4v) is 4.78. The zero-order chi connectivity index (χ0) is 19.2. The van der Waals surface area contributed by atoms with Gasteiger partial charge in [0.2, 0.25) is 5.91 Å². The van der Waals surface area contributed by atoms with Crippen molar-refractivity contribution in [2.75, 3.05) is 46.3 Å². The van der Waals surface area contributed by atoms with Crippen LogP contribution in [0.1, 0.15) is 36.4 Å². The number of piperazine rings is 1. The van der Waals surface area contributed by atoms with Crippen LogP contribution >= 0.6 is 11.3 Å². The first-order chi connectivity index (χ1) is 13.1. The number of nitrogens with zero attached hydrogens (tertiary/aromatic N) is 4. The van der Waals surface area contributed by atoms with Crippen LogP contribution in [0.25, 0.3) is 0 Å². The summed E-state index contributed by atoms with van der Waals surface area (Å²) >= 11 is 1.87. The topological polar surface area (TPSA) is 51.2 Å². The normalized spacial score (nSPS) is 20.2. The molecule has 1 amide bonds. The lowest BCUT2D eigenvalue weighted by Gasteiger charge is -2.39. The molecule has 7 heteroatoms. The van der Waals surface area contributed by atoms with Gasteiger partial charge in [-0.15, -0.1) is 11.3 Å². The average Bonchev–Trinajstić information content (AvgIpc) is 3.40. The van der Waals surface area contributed by atoms with E-state index in [2.05, 4.69) is 46.1 Å².